The second-order valence-corrected chi connectivity index (χ2v) is 8.34. The molecule has 4 rings (SSSR count). The Labute approximate surface area is 192 Å². The van der Waals surface area contributed by atoms with Gasteiger partial charge in [-0.15, -0.1) is 0 Å². The number of aromatic nitrogens is 1. The van der Waals surface area contributed by atoms with Gasteiger partial charge < -0.3 is 29.8 Å². The van der Waals surface area contributed by atoms with E-state index >= 15 is 0 Å². The zero-order valence-corrected chi connectivity index (χ0v) is 19.1. The van der Waals surface area contributed by atoms with Gasteiger partial charge in [-0.3, -0.25) is 4.79 Å². The molecule has 168 valence electrons. The Balaban J connectivity index is 1.60. The molecule has 0 fully saturated rings. The molecule has 0 radical (unpaired) electrons. The predicted octanol–water partition coefficient (Wildman–Crippen LogP) is 3.50. The van der Waals surface area contributed by atoms with E-state index in [9.17, 15) is 9.90 Å². The maximum absolute atomic E-state index is 12.8. The Morgan fingerprint density at radius 2 is 1.91 bits per heavy atom. The lowest BCUT2D eigenvalue weighted by Crippen LogP contribution is -2.37. The van der Waals surface area contributed by atoms with Crippen LogP contribution in [0.3, 0.4) is 0 Å². The normalized spacial score (nSPS) is 12.6. The SMILES string of the molecule is Cc1ccc(NC(=S)N(CCCO)Cc2cc3cc4c(cc3[nH]c2=O)OCCO4)c(C)c1. The summed E-state index contributed by atoms with van der Waals surface area (Å²) in [5.74, 6) is 1.31. The Hall–Kier alpha value is -3.10. The highest BCUT2D eigenvalue weighted by Gasteiger charge is 2.17. The molecular weight excluding hydrogens is 426 g/mol. The molecule has 0 saturated carbocycles. The molecule has 1 aliphatic heterocycles. The number of hydrogen-bond donors (Lipinski definition) is 3. The molecule has 2 aromatic carbocycles. The third-order valence-electron chi connectivity index (χ3n) is 5.44. The third-order valence-corrected chi connectivity index (χ3v) is 5.80. The standard InChI is InChI=1S/C24H27N3O4S/c1-15-4-5-19(16(2)10-15)26-24(32)27(6-3-7-28)14-18-11-17-12-21-22(31-9-8-30-21)13-20(17)25-23(18)29/h4-5,10-13,28H,3,6-9,14H2,1-2H3,(H,25,29)(H,26,32). The van der Waals surface area contributed by atoms with Gasteiger partial charge in [0.05, 0.1) is 12.1 Å². The van der Waals surface area contributed by atoms with Crippen molar-refractivity contribution >= 4 is 33.9 Å². The first-order valence-electron chi connectivity index (χ1n) is 10.6. The minimum absolute atomic E-state index is 0.0419. The number of rotatable bonds is 6. The molecule has 0 saturated heterocycles. The number of aliphatic hydroxyl groups is 1. The van der Waals surface area contributed by atoms with Crippen molar-refractivity contribution in [3.05, 3.63) is 63.4 Å². The highest BCUT2D eigenvalue weighted by molar-refractivity contribution is 7.80. The van der Waals surface area contributed by atoms with Gasteiger partial charge in [-0.25, -0.2) is 0 Å². The summed E-state index contributed by atoms with van der Waals surface area (Å²) in [5.41, 5.74) is 4.28. The number of nitrogens with zero attached hydrogens (tertiary/aromatic N) is 1. The average Bonchev–Trinajstić information content (AvgIpc) is 2.77. The number of pyridine rings is 1. The minimum Gasteiger partial charge on any atom is -0.486 e. The summed E-state index contributed by atoms with van der Waals surface area (Å²) in [6.07, 6.45) is 0.541. The van der Waals surface area contributed by atoms with E-state index in [1.807, 2.05) is 43.0 Å². The van der Waals surface area contributed by atoms with E-state index in [1.165, 1.54) is 5.56 Å². The van der Waals surface area contributed by atoms with Gasteiger partial charge in [-0.2, -0.15) is 0 Å². The molecule has 1 aliphatic rings. The monoisotopic (exact) mass is 453 g/mol. The van der Waals surface area contributed by atoms with Gasteiger partial charge in [0.2, 0.25) is 0 Å². The first-order valence-corrected chi connectivity index (χ1v) is 11.0. The number of hydrogen-bond acceptors (Lipinski definition) is 5. The summed E-state index contributed by atoms with van der Waals surface area (Å²) < 4.78 is 11.3. The summed E-state index contributed by atoms with van der Waals surface area (Å²) in [6, 6.07) is 11.6. The fourth-order valence-corrected chi connectivity index (χ4v) is 4.04. The molecule has 32 heavy (non-hydrogen) atoms. The Morgan fingerprint density at radius 3 is 2.62 bits per heavy atom. The number of aromatic amines is 1. The van der Waals surface area contributed by atoms with Crippen LogP contribution in [0.25, 0.3) is 10.9 Å². The van der Waals surface area contributed by atoms with Crippen molar-refractivity contribution in [2.45, 2.75) is 26.8 Å². The van der Waals surface area contributed by atoms with E-state index < -0.39 is 0 Å². The van der Waals surface area contributed by atoms with Gasteiger partial charge in [-0.1, -0.05) is 17.7 Å². The molecule has 0 bridgehead atoms. The average molecular weight is 454 g/mol. The van der Waals surface area contributed by atoms with Crippen LogP contribution in [0.15, 0.2) is 41.2 Å². The topological polar surface area (TPSA) is 86.8 Å². The maximum Gasteiger partial charge on any atom is 0.253 e. The number of benzene rings is 2. The van der Waals surface area contributed by atoms with Crippen LogP contribution in [0.4, 0.5) is 5.69 Å². The molecular formula is C24H27N3O4S. The summed E-state index contributed by atoms with van der Waals surface area (Å²) >= 11 is 5.67. The van der Waals surface area contributed by atoms with E-state index in [4.69, 9.17) is 21.7 Å². The number of anilines is 1. The fraction of sp³-hybridized carbons (Fsp3) is 0.333. The van der Waals surface area contributed by atoms with Crippen molar-refractivity contribution in [1.82, 2.24) is 9.88 Å². The first kappa shape index (κ1) is 22.1. The zero-order chi connectivity index (χ0) is 22.7. The van der Waals surface area contributed by atoms with Gasteiger partial charge in [0.25, 0.3) is 5.56 Å². The molecule has 0 aliphatic carbocycles. The Morgan fingerprint density at radius 1 is 1.16 bits per heavy atom. The van der Waals surface area contributed by atoms with E-state index in [1.54, 1.807) is 6.07 Å². The zero-order valence-electron chi connectivity index (χ0n) is 18.2. The molecule has 3 aromatic rings. The van der Waals surface area contributed by atoms with Crippen molar-refractivity contribution in [2.75, 3.05) is 31.7 Å². The summed E-state index contributed by atoms with van der Waals surface area (Å²) in [7, 11) is 0. The van der Waals surface area contributed by atoms with Gasteiger partial charge in [0.15, 0.2) is 16.6 Å². The van der Waals surface area contributed by atoms with Gasteiger partial charge in [-0.05, 0) is 56.2 Å². The Kier molecular flexibility index (Phi) is 6.62. The molecule has 8 heteroatoms. The van der Waals surface area contributed by atoms with Gasteiger partial charge >= 0.3 is 0 Å². The highest BCUT2D eigenvalue weighted by atomic mass is 32.1. The van der Waals surface area contributed by atoms with Crippen molar-refractivity contribution in [1.29, 1.82) is 0 Å². The molecule has 0 amide bonds. The van der Waals surface area contributed by atoms with E-state index in [0.717, 1.165) is 16.6 Å². The van der Waals surface area contributed by atoms with E-state index in [-0.39, 0.29) is 12.2 Å². The summed E-state index contributed by atoms with van der Waals surface area (Å²) in [4.78, 5) is 17.7. The number of fused-ring (bicyclic) bond motifs is 2. The molecule has 0 atom stereocenters. The number of ether oxygens (including phenoxy) is 2. The molecule has 1 aromatic heterocycles. The third kappa shape index (κ3) is 4.87. The van der Waals surface area contributed by atoms with Crippen LogP contribution in [0.5, 0.6) is 11.5 Å². The molecule has 0 spiro atoms. The molecule has 2 heterocycles. The van der Waals surface area contributed by atoms with Crippen molar-refractivity contribution in [2.24, 2.45) is 0 Å². The summed E-state index contributed by atoms with van der Waals surface area (Å²) in [5, 5.41) is 14.0. The quantitative estimate of drug-likeness (QED) is 0.493. The highest BCUT2D eigenvalue weighted by Crippen LogP contribution is 2.33. The fourth-order valence-electron chi connectivity index (χ4n) is 3.77. The van der Waals surface area contributed by atoms with Crippen molar-refractivity contribution in [3.8, 4) is 11.5 Å². The molecule has 7 nitrogen and oxygen atoms in total. The van der Waals surface area contributed by atoms with Crippen molar-refractivity contribution in [3.63, 3.8) is 0 Å². The van der Waals surface area contributed by atoms with Crippen molar-refractivity contribution < 1.29 is 14.6 Å². The lowest BCUT2D eigenvalue weighted by molar-refractivity contribution is 0.172. The number of H-pyrrole nitrogens is 1. The number of thiocarbonyl (C=S) groups is 1. The maximum atomic E-state index is 12.8. The Bertz CT molecular complexity index is 1210. The van der Waals surface area contributed by atoms with Crippen LogP contribution in [0, 0.1) is 13.8 Å². The number of nitrogens with one attached hydrogen (secondary N) is 2. The van der Waals surface area contributed by atoms with Crippen LogP contribution in [0.1, 0.15) is 23.1 Å². The van der Waals surface area contributed by atoms with Crippen LogP contribution in [0.2, 0.25) is 0 Å². The first-order chi connectivity index (χ1) is 15.4. The summed E-state index contributed by atoms with van der Waals surface area (Å²) in [6.45, 7) is 5.94. The minimum atomic E-state index is -0.183. The van der Waals surface area contributed by atoms with Crippen LogP contribution in [-0.4, -0.2) is 46.5 Å². The van der Waals surface area contributed by atoms with E-state index in [0.29, 0.717) is 60.4 Å². The smallest absolute Gasteiger partial charge is 0.253 e. The largest absolute Gasteiger partial charge is 0.486 e. The lowest BCUT2D eigenvalue weighted by atomic mass is 10.1. The molecule has 3 N–H and O–H groups in total. The second kappa shape index (κ2) is 9.58. The van der Waals surface area contributed by atoms with Gasteiger partial charge in [0, 0.05) is 35.9 Å². The molecule has 0 unspecified atom stereocenters. The lowest BCUT2D eigenvalue weighted by Gasteiger charge is -2.26. The predicted molar refractivity (Wildman–Crippen MR) is 130 cm³/mol. The van der Waals surface area contributed by atoms with Crippen LogP contribution < -0.4 is 20.3 Å². The van der Waals surface area contributed by atoms with E-state index in [2.05, 4.69) is 16.4 Å². The number of aryl methyl sites for hydroxylation is 2. The number of aliphatic hydroxyl groups excluding tert-OH is 1. The second-order valence-electron chi connectivity index (χ2n) is 7.95. The van der Waals surface area contributed by atoms with Crippen LogP contribution in [-0.2, 0) is 6.54 Å². The van der Waals surface area contributed by atoms with Gasteiger partial charge in [0.1, 0.15) is 13.2 Å². The van der Waals surface area contributed by atoms with Crippen LogP contribution >= 0.6 is 12.2 Å².